The van der Waals surface area contributed by atoms with Gasteiger partial charge in [0.25, 0.3) is 0 Å². The number of carboxylic acids is 1. The minimum absolute atomic E-state index is 0.0236. The van der Waals surface area contributed by atoms with Crippen LogP contribution < -0.4 is 4.72 Å². The Kier molecular flexibility index (Phi) is 9.19. The van der Waals surface area contributed by atoms with E-state index in [9.17, 15) is 36.3 Å². The molecule has 0 radical (unpaired) electrons. The summed E-state index contributed by atoms with van der Waals surface area (Å²) in [5.41, 5.74) is 1.60. The third-order valence-corrected chi connectivity index (χ3v) is 8.19. The van der Waals surface area contributed by atoms with Crippen LogP contribution in [0.4, 0.5) is 18.9 Å². The second-order valence-electron chi connectivity index (χ2n) is 10.4. The van der Waals surface area contributed by atoms with Gasteiger partial charge in [0, 0.05) is 24.9 Å². The standard InChI is InChI=1S/C28H32F3N3O5S/c1-40(38,39)32-22-5-3-19(4-6-22)20-8-14-34(15-9-20)27(28(36)37)21-10-12-33(13-11-21)25(35)7-2-18-16-23(29)26(31)24(30)17-18/h2-7,16-17,20-21,27,32H,8-15H2,1H3,(H,36,37)/b7-2+. The predicted octanol–water partition coefficient (Wildman–Crippen LogP) is 4.06. The van der Waals surface area contributed by atoms with Crippen molar-refractivity contribution in [1.29, 1.82) is 0 Å². The molecule has 2 N–H and O–H groups in total. The summed E-state index contributed by atoms with van der Waals surface area (Å²) >= 11 is 0. The molecular weight excluding hydrogens is 547 g/mol. The topological polar surface area (TPSA) is 107 Å². The number of nitrogens with one attached hydrogen (secondary N) is 1. The molecule has 1 unspecified atom stereocenters. The summed E-state index contributed by atoms with van der Waals surface area (Å²) in [7, 11) is -3.35. The number of aliphatic carboxylic acids is 1. The van der Waals surface area contributed by atoms with Crippen LogP contribution in [0.1, 0.15) is 42.7 Å². The molecule has 40 heavy (non-hydrogen) atoms. The number of amides is 1. The summed E-state index contributed by atoms with van der Waals surface area (Å²) in [6.07, 6.45) is 6.05. The molecule has 0 saturated carbocycles. The van der Waals surface area contributed by atoms with Crippen LogP contribution in [0.5, 0.6) is 0 Å². The quantitative estimate of drug-likeness (QED) is 0.361. The number of carbonyl (C=O) groups is 2. The number of halogens is 3. The van der Waals surface area contributed by atoms with Crippen LogP contribution in [0.25, 0.3) is 6.08 Å². The lowest BCUT2D eigenvalue weighted by Crippen LogP contribution is -2.52. The lowest BCUT2D eigenvalue weighted by atomic mass is 9.84. The summed E-state index contributed by atoms with van der Waals surface area (Å²) in [6.45, 7) is 1.93. The number of carboxylic acid groups (broad SMARTS) is 1. The SMILES string of the molecule is CS(=O)(=O)Nc1ccc(C2CCN(C(C(=O)O)C3CCN(C(=O)/C=C/c4cc(F)c(F)c(F)c4)CC3)CC2)cc1. The molecule has 1 amide bonds. The highest BCUT2D eigenvalue weighted by molar-refractivity contribution is 7.92. The smallest absolute Gasteiger partial charge is 0.321 e. The highest BCUT2D eigenvalue weighted by Gasteiger charge is 2.38. The van der Waals surface area contributed by atoms with Gasteiger partial charge in [-0.3, -0.25) is 19.2 Å². The minimum Gasteiger partial charge on any atom is -0.480 e. The molecule has 2 heterocycles. The maximum absolute atomic E-state index is 13.4. The van der Waals surface area contributed by atoms with Crippen molar-refractivity contribution in [2.45, 2.75) is 37.6 Å². The molecule has 2 fully saturated rings. The van der Waals surface area contributed by atoms with Gasteiger partial charge in [-0.25, -0.2) is 21.6 Å². The van der Waals surface area contributed by atoms with E-state index < -0.39 is 39.5 Å². The van der Waals surface area contributed by atoms with Crippen molar-refractivity contribution < 1.29 is 36.3 Å². The molecule has 2 aliphatic rings. The number of anilines is 1. The van der Waals surface area contributed by atoms with Gasteiger partial charge in [-0.2, -0.15) is 0 Å². The molecule has 12 heteroatoms. The first-order valence-electron chi connectivity index (χ1n) is 13.1. The fourth-order valence-corrected chi connectivity index (χ4v) is 6.15. The molecular formula is C28H32F3N3O5S. The largest absolute Gasteiger partial charge is 0.480 e. The van der Waals surface area contributed by atoms with E-state index in [0.717, 1.165) is 36.8 Å². The molecule has 4 rings (SSSR count). The first-order chi connectivity index (χ1) is 18.9. The first kappa shape index (κ1) is 29.6. The van der Waals surface area contributed by atoms with Gasteiger partial charge in [0.05, 0.1) is 6.26 Å². The van der Waals surface area contributed by atoms with Crippen molar-refractivity contribution in [3.8, 4) is 0 Å². The van der Waals surface area contributed by atoms with Crippen molar-refractivity contribution in [2.75, 3.05) is 37.2 Å². The van der Waals surface area contributed by atoms with Crippen LogP contribution in [0.15, 0.2) is 42.5 Å². The molecule has 0 aliphatic carbocycles. The van der Waals surface area contributed by atoms with Gasteiger partial charge < -0.3 is 10.0 Å². The predicted molar refractivity (Wildman–Crippen MR) is 145 cm³/mol. The Morgan fingerprint density at radius 1 is 0.975 bits per heavy atom. The van der Waals surface area contributed by atoms with Gasteiger partial charge in [0.1, 0.15) is 6.04 Å². The van der Waals surface area contributed by atoms with E-state index in [1.807, 2.05) is 17.0 Å². The second kappa shape index (κ2) is 12.4. The van der Waals surface area contributed by atoms with Crippen LogP contribution in [0.2, 0.25) is 0 Å². The van der Waals surface area contributed by atoms with E-state index >= 15 is 0 Å². The molecule has 8 nitrogen and oxygen atoms in total. The third-order valence-electron chi connectivity index (χ3n) is 7.58. The lowest BCUT2D eigenvalue weighted by molar-refractivity contribution is -0.147. The normalized spacial score (nSPS) is 18.6. The van der Waals surface area contributed by atoms with E-state index in [2.05, 4.69) is 4.72 Å². The fraction of sp³-hybridized carbons (Fsp3) is 0.429. The van der Waals surface area contributed by atoms with Crippen molar-refractivity contribution in [3.63, 3.8) is 0 Å². The van der Waals surface area contributed by atoms with E-state index in [1.54, 1.807) is 17.0 Å². The van der Waals surface area contributed by atoms with E-state index in [4.69, 9.17) is 0 Å². The summed E-state index contributed by atoms with van der Waals surface area (Å²) in [5.74, 6) is -5.39. The maximum atomic E-state index is 13.4. The van der Waals surface area contributed by atoms with E-state index in [1.165, 1.54) is 12.2 Å². The number of likely N-dealkylation sites (tertiary alicyclic amines) is 2. The molecule has 1 atom stereocenters. The van der Waals surface area contributed by atoms with Crippen LogP contribution >= 0.6 is 0 Å². The molecule has 0 spiro atoms. The van der Waals surface area contributed by atoms with Crippen LogP contribution in [-0.2, 0) is 19.6 Å². The number of hydrogen-bond acceptors (Lipinski definition) is 5. The Balaban J connectivity index is 1.30. The Labute approximate surface area is 231 Å². The van der Waals surface area contributed by atoms with Gasteiger partial charge in [-0.1, -0.05) is 12.1 Å². The molecule has 2 aliphatic heterocycles. The van der Waals surface area contributed by atoms with Crippen LogP contribution in [0, 0.1) is 23.4 Å². The monoisotopic (exact) mass is 579 g/mol. The Bertz CT molecular complexity index is 1350. The zero-order valence-corrected chi connectivity index (χ0v) is 22.8. The molecule has 0 bridgehead atoms. The van der Waals surface area contributed by atoms with Gasteiger partial charge in [0.15, 0.2) is 17.5 Å². The summed E-state index contributed by atoms with van der Waals surface area (Å²) in [6, 6.07) is 8.19. The molecule has 2 aromatic rings. The molecule has 2 aromatic carbocycles. The van der Waals surface area contributed by atoms with Crippen molar-refractivity contribution in [3.05, 3.63) is 71.1 Å². The molecule has 216 valence electrons. The molecule has 0 aromatic heterocycles. The van der Waals surface area contributed by atoms with Gasteiger partial charge in [-0.05, 0) is 92.1 Å². The van der Waals surface area contributed by atoms with Crippen molar-refractivity contribution >= 4 is 33.7 Å². The Morgan fingerprint density at radius 2 is 1.55 bits per heavy atom. The minimum atomic E-state index is -3.35. The lowest BCUT2D eigenvalue weighted by Gasteiger charge is -2.41. The molecule has 2 saturated heterocycles. The number of piperidine rings is 2. The second-order valence-corrected chi connectivity index (χ2v) is 12.1. The van der Waals surface area contributed by atoms with Crippen molar-refractivity contribution in [2.24, 2.45) is 5.92 Å². The average Bonchev–Trinajstić information content (AvgIpc) is 2.90. The fourth-order valence-electron chi connectivity index (χ4n) is 5.58. The van der Waals surface area contributed by atoms with Crippen molar-refractivity contribution in [1.82, 2.24) is 9.80 Å². The number of sulfonamides is 1. The number of carbonyl (C=O) groups excluding carboxylic acids is 1. The maximum Gasteiger partial charge on any atom is 0.321 e. The van der Waals surface area contributed by atoms with Crippen LogP contribution in [-0.4, -0.2) is 73.7 Å². The summed E-state index contributed by atoms with van der Waals surface area (Å²) in [5, 5.41) is 10.1. The summed E-state index contributed by atoms with van der Waals surface area (Å²) < 4.78 is 65.2. The number of benzene rings is 2. The zero-order valence-electron chi connectivity index (χ0n) is 22.0. The van der Waals surface area contributed by atoms with Gasteiger partial charge in [-0.15, -0.1) is 0 Å². The number of hydrogen-bond donors (Lipinski definition) is 2. The number of nitrogens with zero attached hydrogens (tertiary/aromatic N) is 2. The highest BCUT2D eigenvalue weighted by atomic mass is 32.2. The Morgan fingerprint density at radius 3 is 2.08 bits per heavy atom. The summed E-state index contributed by atoms with van der Waals surface area (Å²) in [4.78, 5) is 28.4. The first-order valence-corrected chi connectivity index (χ1v) is 15.0. The third kappa shape index (κ3) is 7.42. The highest BCUT2D eigenvalue weighted by Crippen LogP contribution is 2.33. The average molecular weight is 580 g/mol. The van der Waals surface area contributed by atoms with Gasteiger partial charge in [0.2, 0.25) is 15.9 Å². The van der Waals surface area contributed by atoms with E-state index in [0.29, 0.717) is 44.7 Å². The number of rotatable bonds is 8. The Hall–Kier alpha value is -3.38. The van der Waals surface area contributed by atoms with E-state index in [-0.39, 0.29) is 23.3 Å². The van der Waals surface area contributed by atoms with Crippen LogP contribution in [0.3, 0.4) is 0 Å². The van der Waals surface area contributed by atoms with Gasteiger partial charge >= 0.3 is 5.97 Å². The zero-order chi connectivity index (χ0) is 29.0.